The summed E-state index contributed by atoms with van der Waals surface area (Å²) in [6, 6.07) is 5.58. The highest BCUT2D eigenvalue weighted by Crippen LogP contribution is 2.25. The van der Waals surface area contributed by atoms with E-state index in [0.717, 1.165) is 15.2 Å². The van der Waals surface area contributed by atoms with Crippen LogP contribution in [0.15, 0.2) is 24.5 Å². The first-order chi connectivity index (χ1) is 9.65. The number of carbonyl (C=O) groups is 1. The van der Waals surface area contributed by atoms with Crippen molar-refractivity contribution < 1.29 is 9.53 Å². The Bertz CT molecular complexity index is 783. The number of benzene rings is 1. The molecular weight excluding hydrogens is 300 g/mol. The average Bonchev–Trinajstić information content (AvgIpc) is 3.04. The second-order valence-electron chi connectivity index (χ2n) is 3.98. The molecule has 3 aromatic rings. The number of ether oxygens (including phenoxy) is 1. The van der Waals surface area contributed by atoms with Crippen molar-refractivity contribution in [1.29, 1.82) is 0 Å². The van der Waals surface area contributed by atoms with Crippen LogP contribution < -0.4 is 0 Å². The van der Waals surface area contributed by atoms with Crippen molar-refractivity contribution in [2.24, 2.45) is 0 Å². The van der Waals surface area contributed by atoms with Gasteiger partial charge in [-0.25, -0.2) is 19.4 Å². The number of esters is 1. The molecule has 0 unspecified atom stereocenters. The molecule has 3 rings (SSSR count). The summed E-state index contributed by atoms with van der Waals surface area (Å²) in [4.78, 5) is 19.6. The largest absolute Gasteiger partial charge is 0.463 e. The van der Waals surface area contributed by atoms with Gasteiger partial charge in [0.2, 0.25) is 0 Å². The molecule has 0 fully saturated rings. The fraction of sp³-hybridized carbons (Fsp3) is 0.167. The molecule has 0 radical (unpaired) electrons. The first-order valence-corrected chi connectivity index (χ1v) is 6.88. The van der Waals surface area contributed by atoms with Crippen molar-refractivity contribution in [3.05, 3.63) is 40.4 Å². The molecule has 0 aliphatic rings. The van der Waals surface area contributed by atoms with Gasteiger partial charge in [0, 0.05) is 5.02 Å². The van der Waals surface area contributed by atoms with E-state index < -0.39 is 5.97 Å². The SMILES string of the molecule is COC(=O)c1ncn(Cc2nc3cc(Cl)ccc3s2)n1. The summed E-state index contributed by atoms with van der Waals surface area (Å²) in [6.45, 7) is 0.445. The Hall–Kier alpha value is -1.99. The van der Waals surface area contributed by atoms with Gasteiger partial charge in [-0.15, -0.1) is 16.4 Å². The van der Waals surface area contributed by atoms with E-state index in [4.69, 9.17) is 11.6 Å². The summed E-state index contributed by atoms with van der Waals surface area (Å²) in [7, 11) is 1.29. The van der Waals surface area contributed by atoms with Crippen molar-refractivity contribution >= 4 is 39.1 Å². The van der Waals surface area contributed by atoms with Gasteiger partial charge in [-0.3, -0.25) is 0 Å². The van der Waals surface area contributed by atoms with Crippen LogP contribution in [0.1, 0.15) is 15.6 Å². The number of nitrogens with zero attached hydrogens (tertiary/aromatic N) is 4. The molecule has 2 heterocycles. The second-order valence-corrected chi connectivity index (χ2v) is 5.53. The van der Waals surface area contributed by atoms with E-state index >= 15 is 0 Å². The topological polar surface area (TPSA) is 69.9 Å². The molecule has 2 aromatic heterocycles. The van der Waals surface area contributed by atoms with E-state index in [-0.39, 0.29) is 5.82 Å². The van der Waals surface area contributed by atoms with E-state index in [1.165, 1.54) is 13.4 Å². The zero-order valence-corrected chi connectivity index (χ0v) is 12.0. The first-order valence-electron chi connectivity index (χ1n) is 5.68. The number of carbonyl (C=O) groups excluding carboxylic acids is 1. The molecule has 0 saturated heterocycles. The standard InChI is InChI=1S/C12H9ClN4O2S/c1-19-12(18)11-14-6-17(16-11)5-10-15-8-4-7(13)2-3-9(8)20-10/h2-4,6H,5H2,1H3. The molecule has 8 heteroatoms. The van der Waals surface area contributed by atoms with Gasteiger partial charge in [0.05, 0.1) is 23.9 Å². The van der Waals surface area contributed by atoms with Gasteiger partial charge in [0.15, 0.2) is 0 Å². The third-order valence-corrected chi connectivity index (χ3v) is 3.85. The molecule has 20 heavy (non-hydrogen) atoms. The van der Waals surface area contributed by atoms with Crippen LogP contribution in [0.5, 0.6) is 0 Å². The normalized spacial score (nSPS) is 10.9. The van der Waals surface area contributed by atoms with E-state index in [1.807, 2.05) is 18.2 Å². The summed E-state index contributed by atoms with van der Waals surface area (Å²) in [5.41, 5.74) is 0.853. The number of thiazole rings is 1. The minimum atomic E-state index is -0.556. The average molecular weight is 309 g/mol. The van der Waals surface area contributed by atoms with Gasteiger partial charge in [-0.2, -0.15) is 0 Å². The quantitative estimate of drug-likeness (QED) is 0.695. The Morgan fingerprint density at radius 2 is 2.35 bits per heavy atom. The second kappa shape index (κ2) is 5.18. The van der Waals surface area contributed by atoms with Gasteiger partial charge in [0.1, 0.15) is 11.3 Å². The van der Waals surface area contributed by atoms with Crippen LogP contribution in [-0.2, 0) is 11.3 Å². The van der Waals surface area contributed by atoms with Gasteiger partial charge >= 0.3 is 5.97 Å². The van der Waals surface area contributed by atoms with E-state index in [9.17, 15) is 4.79 Å². The van der Waals surface area contributed by atoms with Gasteiger partial charge in [0.25, 0.3) is 5.82 Å². The summed E-state index contributed by atoms with van der Waals surface area (Å²) in [6.07, 6.45) is 1.48. The number of hydrogen-bond acceptors (Lipinski definition) is 6. The van der Waals surface area contributed by atoms with Crippen LogP contribution in [0.2, 0.25) is 5.02 Å². The minimum Gasteiger partial charge on any atom is -0.463 e. The number of hydrogen-bond donors (Lipinski definition) is 0. The smallest absolute Gasteiger partial charge is 0.377 e. The summed E-state index contributed by atoms with van der Waals surface area (Å²) >= 11 is 7.48. The van der Waals surface area contributed by atoms with Crippen molar-refractivity contribution in [3.8, 4) is 0 Å². The Balaban J connectivity index is 1.85. The summed E-state index contributed by atoms with van der Waals surface area (Å²) in [5, 5.41) is 5.56. The number of halogens is 1. The van der Waals surface area contributed by atoms with Crippen LogP contribution in [0.25, 0.3) is 10.2 Å². The Labute approximate surface area is 123 Å². The Kier molecular flexibility index (Phi) is 3.37. The van der Waals surface area contributed by atoms with E-state index in [2.05, 4.69) is 19.8 Å². The van der Waals surface area contributed by atoms with Crippen LogP contribution in [0.3, 0.4) is 0 Å². The minimum absolute atomic E-state index is 0.0386. The molecule has 0 aliphatic carbocycles. The Morgan fingerprint density at radius 1 is 1.50 bits per heavy atom. The first kappa shape index (κ1) is 13.0. The molecule has 0 spiro atoms. The lowest BCUT2D eigenvalue weighted by molar-refractivity contribution is 0.0586. The summed E-state index contributed by atoms with van der Waals surface area (Å²) < 4.78 is 7.16. The molecule has 1 aromatic carbocycles. The molecular formula is C12H9ClN4O2S. The van der Waals surface area contributed by atoms with Gasteiger partial charge < -0.3 is 4.74 Å². The van der Waals surface area contributed by atoms with Crippen molar-refractivity contribution in [2.75, 3.05) is 7.11 Å². The van der Waals surface area contributed by atoms with E-state index in [1.54, 1.807) is 16.0 Å². The lowest BCUT2D eigenvalue weighted by Crippen LogP contribution is -2.06. The molecule has 0 bridgehead atoms. The maximum Gasteiger partial charge on any atom is 0.377 e. The predicted molar refractivity (Wildman–Crippen MR) is 75.1 cm³/mol. The lowest BCUT2D eigenvalue weighted by Gasteiger charge is -1.94. The molecule has 0 aliphatic heterocycles. The third-order valence-electron chi connectivity index (χ3n) is 2.60. The maximum atomic E-state index is 11.3. The number of aromatic nitrogens is 4. The molecule has 0 amide bonds. The van der Waals surface area contributed by atoms with Crippen LogP contribution in [0, 0.1) is 0 Å². The fourth-order valence-corrected chi connectivity index (χ4v) is 2.82. The van der Waals surface area contributed by atoms with Crippen molar-refractivity contribution in [1.82, 2.24) is 19.7 Å². The molecule has 0 N–H and O–H groups in total. The zero-order chi connectivity index (χ0) is 14.1. The van der Waals surface area contributed by atoms with Crippen LogP contribution in [-0.4, -0.2) is 32.8 Å². The summed E-state index contributed by atoms with van der Waals surface area (Å²) in [5.74, 6) is -0.517. The molecule has 0 saturated carbocycles. The van der Waals surface area contributed by atoms with Crippen LogP contribution >= 0.6 is 22.9 Å². The molecule has 102 valence electrons. The fourth-order valence-electron chi connectivity index (χ4n) is 1.71. The van der Waals surface area contributed by atoms with Crippen molar-refractivity contribution in [2.45, 2.75) is 6.54 Å². The number of methoxy groups -OCH3 is 1. The van der Waals surface area contributed by atoms with Gasteiger partial charge in [-0.1, -0.05) is 11.6 Å². The molecule has 6 nitrogen and oxygen atoms in total. The van der Waals surface area contributed by atoms with Crippen molar-refractivity contribution in [3.63, 3.8) is 0 Å². The Morgan fingerprint density at radius 3 is 3.15 bits per heavy atom. The number of fused-ring (bicyclic) bond motifs is 1. The zero-order valence-electron chi connectivity index (χ0n) is 10.4. The highest BCUT2D eigenvalue weighted by atomic mass is 35.5. The van der Waals surface area contributed by atoms with Crippen LogP contribution in [0.4, 0.5) is 0 Å². The lowest BCUT2D eigenvalue weighted by atomic mass is 10.3. The maximum absolute atomic E-state index is 11.3. The highest BCUT2D eigenvalue weighted by molar-refractivity contribution is 7.18. The predicted octanol–water partition coefficient (Wildman–Crippen LogP) is 2.38. The number of rotatable bonds is 3. The van der Waals surface area contributed by atoms with E-state index in [0.29, 0.717) is 11.6 Å². The van der Waals surface area contributed by atoms with Gasteiger partial charge in [-0.05, 0) is 18.2 Å². The highest BCUT2D eigenvalue weighted by Gasteiger charge is 2.12. The molecule has 0 atom stereocenters. The monoisotopic (exact) mass is 308 g/mol. The third kappa shape index (κ3) is 2.50.